The average molecular weight is 417 g/mol. The standard InChI is InChI=1S/C23H19N3O3S/c27-23-16-9-15(4-3-14(16)5-7-25-23)26-20-6-8-24-21-10-17-19(13-1-2-13)12-30(28,29)22(17)11-18(20)21/h3-4,6,8-13H,1-2,5,7H2,(H,24,26)(H,25,27). The summed E-state index contributed by atoms with van der Waals surface area (Å²) in [6.07, 6.45) is 4.62. The number of carbonyl (C=O) groups excluding carboxylic acids is 1. The molecular weight excluding hydrogens is 398 g/mol. The molecule has 1 aromatic heterocycles. The zero-order valence-corrected chi connectivity index (χ0v) is 16.9. The summed E-state index contributed by atoms with van der Waals surface area (Å²) in [4.78, 5) is 17.0. The molecule has 3 heterocycles. The van der Waals surface area contributed by atoms with E-state index in [2.05, 4.69) is 15.6 Å². The molecule has 2 N–H and O–H groups in total. The second kappa shape index (κ2) is 6.15. The van der Waals surface area contributed by atoms with Crippen LogP contribution in [0.1, 0.15) is 34.3 Å². The predicted octanol–water partition coefficient (Wildman–Crippen LogP) is 3.80. The Morgan fingerprint density at radius 1 is 1.07 bits per heavy atom. The van der Waals surface area contributed by atoms with Crippen molar-refractivity contribution in [3.05, 3.63) is 64.7 Å². The van der Waals surface area contributed by atoms with Gasteiger partial charge in [-0.05, 0) is 72.2 Å². The van der Waals surface area contributed by atoms with Gasteiger partial charge in [-0.2, -0.15) is 0 Å². The van der Waals surface area contributed by atoms with E-state index in [1.54, 1.807) is 12.3 Å². The van der Waals surface area contributed by atoms with E-state index in [9.17, 15) is 13.2 Å². The van der Waals surface area contributed by atoms with Crippen molar-refractivity contribution in [3.8, 4) is 0 Å². The molecule has 2 aromatic carbocycles. The molecule has 0 saturated heterocycles. The van der Waals surface area contributed by atoms with E-state index < -0.39 is 9.84 Å². The molecule has 7 heteroatoms. The number of hydrogen-bond acceptors (Lipinski definition) is 5. The summed E-state index contributed by atoms with van der Waals surface area (Å²) in [5.74, 6) is 0.281. The van der Waals surface area contributed by atoms with E-state index in [1.807, 2.05) is 30.3 Å². The van der Waals surface area contributed by atoms with Crippen LogP contribution >= 0.6 is 0 Å². The Balaban J connectivity index is 1.45. The highest BCUT2D eigenvalue weighted by molar-refractivity contribution is 7.95. The number of nitrogens with one attached hydrogen (secondary N) is 2. The summed E-state index contributed by atoms with van der Waals surface area (Å²) < 4.78 is 25.5. The molecule has 3 aliphatic rings. The first kappa shape index (κ1) is 17.7. The number of hydrogen-bond donors (Lipinski definition) is 2. The molecule has 6 nitrogen and oxygen atoms in total. The second-order valence-electron chi connectivity index (χ2n) is 8.12. The van der Waals surface area contributed by atoms with Crippen molar-refractivity contribution >= 4 is 43.6 Å². The number of benzene rings is 2. The van der Waals surface area contributed by atoms with Crippen LogP contribution in [0.4, 0.5) is 11.4 Å². The van der Waals surface area contributed by atoms with Gasteiger partial charge in [0.2, 0.25) is 9.84 Å². The number of sulfone groups is 1. The first-order valence-corrected chi connectivity index (χ1v) is 11.6. The molecule has 2 aliphatic heterocycles. The molecule has 0 spiro atoms. The molecule has 0 atom stereocenters. The summed E-state index contributed by atoms with van der Waals surface area (Å²) in [6.45, 7) is 0.657. The van der Waals surface area contributed by atoms with Crippen molar-refractivity contribution in [2.45, 2.75) is 24.2 Å². The molecule has 1 saturated carbocycles. The fraction of sp³-hybridized carbons (Fsp3) is 0.217. The molecule has 0 unspecified atom stereocenters. The minimum Gasteiger partial charge on any atom is -0.355 e. The van der Waals surface area contributed by atoms with Gasteiger partial charge in [-0.3, -0.25) is 9.78 Å². The Morgan fingerprint density at radius 3 is 2.77 bits per heavy atom. The van der Waals surface area contributed by atoms with Crippen LogP contribution < -0.4 is 10.6 Å². The van der Waals surface area contributed by atoms with Crippen molar-refractivity contribution in [1.29, 1.82) is 0 Å². The molecule has 0 bridgehead atoms. The van der Waals surface area contributed by atoms with E-state index in [-0.39, 0.29) is 5.91 Å². The van der Waals surface area contributed by atoms with Crippen LogP contribution in [-0.2, 0) is 16.3 Å². The SMILES string of the molecule is O=C1NCCc2ccc(Nc3ccnc4cc5c(cc34)S(=O)(=O)C=C5C3CC3)cc21. The quantitative estimate of drug-likeness (QED) is 0.677. The van der Waals surface area contributed by atoms with Gasteiger partial charge in [-0.25, -0.2) is 8.42 Å². The van der Waals surface area contributed by atoms with Crippen LogP contribution in [0, 0.1) is 5.92 Å². The van der Waals surface area contributed by atoms with E-state index >= 15 is 0 Å². The van der Waals surface area contributed by atoms with Crippen molar-refractivity contribution in [1.82, 2.24) is 10.3 Å². The van der Waals surface area contributed by atoms with Crippen LogP contribution in [0.15, 0.2) is 52.9 Å². The maximum Gasteiger partial charge on any atom is 0.251 e. The van der Waals surface area contributed by atoms with E-state index in [0.717, 1.165) is 58.2 Å². The largest absolute Gasteiger partial charge is 0.355 e. The Hall–Kier alpha value is -3.19. The Labute approximate surface area is 173 Å². The molecule has 1 fully saturated rings. The lowest BCUT2D eigenvalue weighted by Crippen LogP contribution is -2.31. The number of aromatic nitrogens is 1. The fourth-order valence-corrected chi connectivity index (χ4v) is 5.94. The number of allylic oxidation sites excluding steroid dienone is 1. The highest BCUT2D eigenvalue weighted by atomic mass is 32.2. The predicted molar refractivity (Wildman–Crippen MR) is 115 cm³/mol. The third-order valence-electron chi connectivity index (χ3n) is 6.07. The first-order valence-electron chi connectivity index (χ1n) is 10.1. The van der Waals surface area contributed by atoms with Gasteiger partial charge in [0.05, 0.1) is 10.4 Å². The molecule has 1 amide bonds. The van der Waals surface area contributed by atoms with Gasteiger partial charge in [0.1, 0.15) is 0 Å². The smallest absolute Gasteiger partial charge is 0.251 e. The number of nitrogens with zero attached hydrogens (tertiary/aromatic N) is 1. The van der Waals surface area contributed by atoms with Crippen molar-refractivity contribution in [2.24, 2.45) is 5.92 Å². The minimum atomic E-state index is -3.43. The molecule has 30 heavy (non-hydrogen) atoms. The summed E-state index contributed by atoms with van der Waals surface area (Å²) in [5.41, 5.74) is 5.70. The minimum absolute atomic E-state index is 0.0675. The number of carbonyl (C=O) groups is 1. The molecular formula is C23H19N3O3S. The third-order valence-corrected chi connectivity index (χ3v) is 7.59. The monoisotopic (exact) mass is 417 g/mol. The fourth-order valence-electron chi connectivity index (χ4n) is 4.39. The second-order valence-corrected chi connectivity index (χ2v) is 9.88. The van der Waals surface area contributed by atoms with Crippen LogP contribution in [0.5, 0.6) is 0 Å². The summed E-state index contributed by atoms with van der Waals surface area (Å²) >= 11 is 0. The number of anilines is 2. The topological polar surface area (TPSA) is 88.2 Å². The Morgan fingerprint density at radius 2 is 1.93 bits per heavy atom. The number of fused-ring (bicyclic) bond motifs is 3. The first-order chi connectivity index (χ1) is 14.5. The molecule has 0 radical (unpaired) electrons. The molecule has 6 rings (SSSR count). The van der Waals surface area contributed by atoms with Gasteiger partial charge < -0.3 is 10.6 Å². The highest BCUT2D eigenvalue weighted by Gasteiger charge is 2.36. The third kappa shape index (κ3) is 2.73. The Kier molecular flexibility index (Phi) is 3.62. The molecule has 150 valence electrons. The van der Waals surface area contributed by atoms with Crippen molar-refractivity contribution in [3.63, 3.8) is 0 Å². The zero-order valence-electron chi connectivity index (χ0n) is 16.1. The Bertz CT molecular complexity index is 1390. The maximum absolute atomic E-state index is 12.7. The van der Waals surface area contributed by atoms with Gasteiger partial charge in [-0.1, -0.05) is 6.07 Å². The highest BCUT2D eigenvalue weighted by Crippen LogP contribution is 2.49. The van der Waals surface area contributed by atoms with E-state index in [1.165, 1.54) is 5.41 Å². The van der Waals surface area contributed by atoms with Crippen LogP contribution in [0.3, 0.4) is 0 Å². The lowest BCUT2D eigenvalue weighted by atomic mass is 9.99. The number of amides is 1. The number of pyridine rings is 1. The van der Waals surface area contributed by atoms with E-state index in [0.29, 0.717) is 22.9 Å². The molecule has 3 aromatic rings. The van der Waals surface area contributed by atoms with Crippen molar-refractivity contribution < 1.29 is 13.2 Å². The lowest BCUT2D eigenvalue weighted by molar-refractivity contribution is 0.0946. The van der Waals surface area contributed by atoms with Crippen LogP contribution in [0.25, 0.3) is 16.5 Å². The van der Waals surface area contributed by atoms with Gasteiger partial charge in [-0.15, -0.1) is 0 Å². The van der Waals surface area contributed by atoms with Crippen LogP contribution in [0.2, 0.25) is 0 Å². The zero-order chi connectivity index (χ0) is 20.5. The average Bonchev–Trinajstić information content (AvgIpc) is 3.54. The van der Waals surface area contributed by atoms with Crippen LogP contribution in [-0.4, -0.2) is 25.9 Å². The molecule has 1 aliphatic carbocycles. The maximum atomic E-state index is 12.7. The summed E-state index contributed by atoms with van der Waals surface area (Å²) in [6, 6.07) is 11.2. The van der Waals surface area contributed by atoms with Gasteiger partial charge in [0.25, 0.3) is 5.91 Å². The lowest BCUT2D eigenvalue weighted by Gasteiger charge is -2.18. The summed E-state index contributed by atoms with van der Waals surface area (Å²) in [5, 5.41) is 8.39. The van der Waals surface area contributed by atoms with Gasteiger partial charge >= 0.3 is 0 Å². The summed E-state index contributed by atoms with van der Waals surface area (Å²) in [7, 11) is -3.43. The van der Waals surface area contributed by atoms with Crippen molar-refractivity contribution in [2.75, 3.05) is 11.9 Å². The normalized spacial score (nSPS) is 19.1. The van der Waals surface area contributed by atoms with Gasteiger partial charge in [0.15, 0.2) is 0 Å². The van der Waals surface area contributed by atoms with Gasteiger partial charge in [0, 0.05) is 40.5 Å². The van der Waals surface area contributed by atoms with E-state index in [4.69, 9.17) is 0 Å². The number of rotatable bonds is 3.